The molecule has 3 nitrogen and oxygen atoms in total. The average molecular weight is 375 g/mol. The van der Waals surface area contributed by atoms with Crippen LogP contribution in [0.1, 0.15) is 31.9 Å². The Balaban J connectivity index is 1.90. The molecule has 0 unspecified atom stereocenters. The van der Waals surface area contributed by atoms with E-state index >= 15 is 0 Å². The van der Waals surface area contributed by atoms with Crippen LogP contribution >= 0.6 is 15.9 Å². The highest BCUT2D eigenvalue weighted by Gasteiger charge is 2.13. The smallest absolute Gasteiger partial charge is 0.243 e. The normalized spacial score (nSPS) is 11.2. The van der Waals surface area contributed by atoms with Gasteiger partial charge in [-0.1, -0.05) is 54.9 Å². The summed E-state index contributed by atoms with van der Waals surface area (Å²) in [5, 5.41) is 6.03. The number of anilines is 2. The van der Waals surface area contributed by atoms with E-state index in [1.807, 2.05) is 37.3 Å². The van der Waals surface area contributed by atoms with Crippen LogP contribution in [0.5, 0.6) is 0 Å². The van der Waals surface area contributed by atoms with Gasteiger partial charge in [-0.05, 0) is 47.7 Å². The molecular formula is C19H23BrN2O. The Morgan fingerprint density at radius 2 is 1.65 bits per heavy atom. The summed E-state index contributed by atoms with van der Waals surface area (Å²) in [6, 6.07) is 13.9. The van der Waals surface area contributed by atoms with E-state index in [4.69, 9.17) is 0 Å². The molecule has 0 radical (unpaired) electrons. The van der Waals surface area contributed by atoms with Crippen molar-refractivity contribution in [2.75, 3.05) is 17.2 Å². The topological polar surface area (TPSA) is 41.1 Å². The molecule has 0 atom stereocenters. The minimum atomic E-state index is -0.0646. The zero-order valence-corrected chi connectivity index (χ0v) is 15.6. The number of benzene rings is 2. The van der Waals surface area contributed by atoms with Gasteiger partial charge in [-0.25, -0.2) is 0 Å². The first-order valence-corrected chi connectivity index (χ1v) is 8.45. The number of amides is 1. The molecule has 0 aromatic heterocycles. The summed E-state index contributed by atoms with van der Waals surface area (Å²) >= 11 is 3.49. The van der Waals surface area contributed by atoms with E-state index in [0.717, 1.165) is 15.8 Å². The van der Waals surface area contributed by atoms with Crippen molar-refractivity contribution >= 4 is 33.2 Å². The molecule has 0 aliphatic rings. The molecular weight excluding hydrogens is 352 g/mol. The molecule has 0 aliphatic heterocycles. The van der Waals surface area contributed by atoms with Crippen molar-refractivity contribution in [2.24, 2.45) is 0 Å². The van der Waals surface area contributed by atoms with Gasteiger partial charge in [0, 0.05) is 15.8 Å². The standard InChI is InChI=1S/C19H23BrN2O/c1-13-5-8-16(11-17(13)20)21-12-18(23)22-15-9-6-14(7-10-15)19(2,3)4/h5-11,21H,12H2,1-4H3,(H,22,23). The van der Waals surface area contributed by atoms with E-state index in [2.05, 4.69) is 59.5 Å². The highest BCUT2D eigenvalue weighted by atomic mass is 79.9. The molecule has 23 heavy (non-hydrogen) atoms. The Morgan fingerprint density at radius 1 is 1.04 bits per heavy atom. The summed E-state index contributed by atoms with van der Waals surface area (Å²) in [6.45, 7) is 8.77. The van der Waals surface area contributed by atoms with E-state index in [1.54, 1.807) is 0 Å². The molecule has 122 valence electrons. The van der Waals surface area contributed by atoms with Gasteiger partial charge in [0.15, 0.2) is 0 Å². The third-order valence-corrected chi connectivity index (χ3v) is 4.51. The lowest BCUT2D eigenvalue weighted by molar-refractivity contribution is -0.114. The maximum absolute atomic E-state index is 12.0. The largest absolute Gasteiger partial charge is 0.376 e. The third-order valence-electron chi connectivity index (χ3n) is 3.66. The zero-order chi connectivity index (χ0) is 17.0. The van der Waals surface area contributed by atoms with Gasteiger partial charge in [-0.3, -0.25) is 4.79 Å². The molecule has 0 heterocycles. The number of carbonyl (C=O) groups excluding carboxylic acids is 1. The molecule has 0 saturated carbocycles. The highest BCUT2D eigenvalue weighted by Crippen LogP contribution is 2.23. The van der Waals surface area contributed by atoms with Crippen LogP contribution in [0.2, 0.25) is 0 Å². The summed E-state index contributed by atoms with van der Waals surface area (Å²) in [6.07, 6.45) is 0. The second-order valence-corrected chi connectivity index (χ2v) is 7.55. The minimum absolute atomic E-state index is 0.0646. The Morgan fingerprint density at radius 3 is 2.22 bits per heavy atom. The Hall–Kier alpha value is -1.81. The van der Waals surface area contributed by atoms with Crippen LogP contribution in [0.15, 0.2) is 46.9 Å². The van der Waals surface area contributed by atoms with Gasteiger partial charge >= 0.3 is 0 Å². The third kappa shape index (κ3) is 5.10. The van der Waals surface area contributed by atoms with Crippen molar-refractivity contribution in [3.8, 4) is 0 Å². The van der Waals surface area contributed by atoms with E-state index in [0.29, 0.717) is 0 Å². The van der Waals surface area contributed by atoms with Crippen LogP contribution < -0.4 is 10.6 Å². The molecule has 0 aliphatic carbocycles. The number of hydrogen-bond donors (Lipinski definition) is 2. The molecule has 0 bridgehead atoms. The van der Waals surface area contributed by atoms with Crippen LogP contribution in [-0.4, -0.2) is 12.5 Å². The minimum Gasteiger partial charge on any atom is -0.376 e. The molecule has 4 heteroatoms. The van der Waals surface area contributed by atoms with Crippen LogP contribution in [0.3, 0.4) is 0 Å². The van der Waals surface area contributed by atoms with E-state index in [-0.39, 0.29) is 17.9 Å². The van der Waals surface area contributed by atoms with E-state index < -0.39 is 0 Å². The van der Waals surface area contributed by atoms with Crippen molar-refractivity contribution in [1.29, 1.82) is 0 Å². The summed E-state index contributed by atoms with van der Waals surface area (Å²) in [4.78, 5) is 12.0. The lowest BCUT2D eigenvalue weighted by Crippen LogP contribution is -2.21. The quantitative estimate of drug-likeness (QED) is 0.780. The van der Waals surface area contributed by atoms with E-state index in [1.165, 1.54) is 11.1 Å². The van der Waals surface area contributed by atoms with Crippen molar-refractivity contribution < 1.29 is 4.79 Å². The number of rotatable bonds is 4. The van der Waals surface area contributed by atoms with Crippen molar-refractivity contribution in [3.05, 3.63) is 58.1 Å². The van der Waals surface area contributed by atoms with Gasteiger partial charge in [0.05, 0.1) is 6.54 Å². The van der Waals surface area contributed by atoms with Gasteiger partial charge in [0.2, 0.25) is 5.91 Å². The lowest BCUT2D eigenvalue weighted by Gasteiger charge is -2.19. The van der Waals surface area contributed by atoms with Crippen molar-refractivity contribution in [3.63, 3.8) is 0 Å². The fraction of sp³-hybridized carbons (Fsp3) is 0.316. The Kier molecular flexibility index (Phi) is 5.47. The van der Waals surface area contributed by atoms with Crippen molar-refractivity contribution in [2.45, 2.75) is 33.1 Å². The lowest BCUT2D eigenvalue weighted by atomic mass is 9.87. The molecule has 0 fully saturated rings. The van der Waals surface area contributed by atoms with Gasteiger partial charge in [0.25, 0.3) is 0 Å². The number of aryl methyl sites for hydroxylation is 1. The molecule has 2 rings (SSSR count). The predicted octanol–water partition coefficient (Wildman–Crippen LogP) is 5.11. The fourth-order valence-corrected chi connectivity index (χ4v) is 2.52. The molecule has 0 saturated heterocycles. The molecule has 0 spiro atoms. The summed E-state index contributed by atoms with van der Waals surface area (Å²) in [5.74, 6) is -0.0646. The Bertz CT molecular complexity index is 688. The van der Waals surface area contributed by atoms with Crippen LogP contribution in [-0.2, 0) is 10.2 Å². The predicted molar refractivity (Wildman–Crippen MR) is 101 cm³/mol. The molecule has 2 N–H and O–H groups in total. The second kappa shape index (κ2) is 7.18. The van der Waals surface area contributed by atoms with Crippen LogP contribution in [0.25, 0.3) is 0 Å². The maximum Gasteiger partial charge on any atom is 0.243 e. The van der Waals surface area contributed by atoms with Gasteiger partial charge < -0.3 is 10.6 Å². The van der Waals surface area contributed by atoms with Gasteiger partial charge in [0.1, 0.15) is 0 Å². The van der Waals surface area contributed by atoms with Gasteiger partial charge in [-0.2, -0.15) is 0 Å². The number of nitrogens with one attached hydrogen (secondary N) is 2. The Labute approximate surface area is 146 Å². The number of hydrogen-bond acceptors (Lipinski definition) is 2. The average Bonchev–Trinajstić information content (AvgIpc) is 2.48. The SMILES string of the molecule is Cc1ccc(NCC(=O)Nc2ccc(C(C)(C)C)cc2)cc1Br. The first-order chi connectivity index (χ1) is 10.8. The summed E-state index contributed by atoms with van der Waals surface area (Å²) in [5.41, 5.74) is 4.26. The summed E-state index contributed by atoms with van der Waals surface area (Å²) in [7, 11) is 0. The fourth-order valence-electron chi connectivity index (χ4n) is 2.14. The van der Waals surface area contributed by atoms with E-state index in [9.17, 15) is 4.79 Å². The first-order valence-electron chi connectivity index (χ1n) is 7.66. The highest BCUT2D eigenvalue weighted by molar-refractivity contribution is 9.10. The van der Waals surface area contributed by atoms with Crippen LogP contribution in [0.4, 0.5) is 11.4 Å². The summed E-state index contributed by atoms with van der Waals surface area (Å²) < 4.78 is 1.03. The first kappa shape index (κ1) is 17.5. The maximum atomic E-state index is 12.0. The zero-order valence-electron chi connectivity index (χ0n) is 14.0. The second-order valence-electron chi connectivity index (χ2n) is 6.69. The van der Waals surface area contributed by atoms with Crippen LogP contribution in [0, 0.1) is 6.92 Å². The van der Waals surface area contributed by atoms with Crippen molar-refractivity contribution in [1.82, 2.24) is 0 Å². The molecule has 2 aromatic carbocycles. The number of carbonyl (C=O) groups is 1. The molecule has 2 aromatic rings. The number of halogens is 1. The monoisotopic (exact) mass is 374 g/mol. The van der Waals surface area contributed by atoms with Gasteiger partial charge in [-0.15, -0.1) is 0 Å². The molecule has 1 amide bonds.